The van der Waals surface area contributed by atoms with Gasteiger partial charge in [0.2, 0.25) is 11.8 Å². The fourth-order valence-corrected chi connectivity index (χ4v) is 3.07. The van der Waals surface area contributed by atoms with Gasteiger partial charge in [0.25, 0.3) is 0 Å². The van der Waals surface area contributed by atoms with Crippen molar-refractivity contribution in [3.05, 3.63) is 53.0 Å². The first-order chi connectivity index (χ1) is 12.1. The monoisotopic (exact) mass is 356 g/mol. The molecule has 2 amide bonds. The minimum absolute atomic E-state index is 0.142. The highest BCUT2D eigenvalue weighted by Crippen LogP contribution is 2.24. The average Bonchev–Trinajstić information content (AvgIpc) is 3.28. The van der Waals surface area contributed by atoms with Crippen molar-refractivity contribution < 1.29 is 9.59 Å². The second kappa shape index (κ2) is 7.67. The van der Waals surface area contributed by atoms with E-state index in [0.717, 1.165) is 5.56 Å². The minimum Gasteiger partial charge on any atom is -0.326 e. The molecule has 9 heteroatoms. The van der Waals surface area contributed by atoms with Crippen LogP contribution in [0.2, 0.25) is 0 Å². The molecule has 1 aromatic carbocycles. The lowest BCUT2D eigenvalue weighted by Gasteiger charge is -2.15. The molecule has 1 atom stereocenters. The van der Waals surface area contributed by atoms with E-state index in [1.807, 2.05) is 16.8 Å². The summed E-state index contributed by atoms with van der Waals surface area (Å²) < 4.78 is 1.57. The van der Waals surface area contributed by atoms with Crippen molar-refractivity contribution in [2.45, 2.75) is 19.4 Å². The Morgan fingerprint density at radius 3 is 2.44 bits per heavy atom. The molecule has 0 aliphatic heterocycles. The summed E-state index contributed by atoms with van der Waals surface area (Å²) in [7, 11) is 0. The highest BCUT2D eigenvalue weighted by atomic mass is 32.1. The Kier molecular flexibility index (Phi) is 5.14. The van der Waals surface area contributed by atoms with E-state index in [4.69, 9.17) is 0 Å². The lowest BCUT2D eigenvalue weighted by Crippen LogP contribution is -2.20. The van der Waals surface area contributed by atoms with Gasteiger partial charge in [-0.3, -0.25) is 9.59 Å². The predicted molar refractivity (Wildman–Crippen MR) is 94.3 cm³/mol. The molecule has 0 aliphatic rings. The number of hydrogen-bond acceptors (Lipinski definition) is 6. The van der Waals surface area contributed by atoms with E-state index >= 15 is 0 Å². The molecule has 0 saturated carbocycles. The largest absolute Gasteiger partial charge is 0.326 e. The maximum Gasteiger partial charge on any atom is 0.226 e. The zero-order chi connectivity index (χ0) is 17.6. The maximum absolute atomic E-state index is 12.4. The SMILES string of the molecule is CC(=O)Nc1ccc(NC(=O)CC(c2ccsc2)n2cnnn2)cc1. The molecule has 0 radical (unpaired) electrons. The van der Waals surface area contributed by atoms with Gasteiger partial charge in [-0.15, -0.1) is 5.10 Å². The van der Waals surface area contributed by atoms with Crippen molar-refractivity contribution in [1.82, 2.24) is 20.2 Å². The first kappa shape index (κ1) is 16.8. The van der Waals surface area contributed by atoms with Crippen molar-refractivity contribution >= 4 is 34.5 Å². The Morgan fingerprint density at radius 1 is 1.16 bits per heavy atom. The number of carbonyl (C=O) groups excluding carboxylic acids is 2. The lowest BCUT2D eigenvalue weighted by atomic mass is 10.1. The predicted octanol–water partition coefficient (Wildman–Crippen LogP) is 2.31. The molecule has 2 aromatic heterocycles. The topological polar surface area (TPSA) is 102 Å². The first-order valence-corrected chi connectivity index (χ1v) is 8.48. The normalized spacial score (nSPS) is 11.7. The highest BCUT2D eigenvalue weighted by molar-refractivity contribution is 7.08. The van der Waals surface area contributed by atoms with Gasteiger partial charge in [-0.2, -0.15) is 11.3 Å². The number of anilines is 2. The first-order valence-electron chi connectivity index (χ1n) is 7.54. The van der Waals surface area contributed by atoms with E-state index in [-0.39, 0.29) is 24.3 Å². The van der Waals surface area contributed by atoms with E-state index < -0.39 is 0 Å². The Hall–Kier alpha value is -3.07. The van der Waals surface area contributed by atoms with Crippen molar-refractivity contribution in [3.8, 4) is 0 Å². The Balaban J connectivity index is 1.67. The molecular weight excluding hydrogens is 340 g/mol. The maximum atomic E-state index is 12.4. The van der Waals surface area contributed by atoms with Crippen LogP contribution in [-0.2, 0) is 9.59 Å². The van der Waals surface area contributed by atoms with E-state index in [2.05, 4.69) is 26.2 Å². The van der Waals surface area contributed by atoms with Crippen LogP contribution in [0.5, 0.6) is 0 Å². The summed E-state index contributed by atoms with van der Waals surface area (Å²) in [6, 6.07) is 8.62. The molecule has 25 heavy (non-hydrogen) atoms. The molecule has 0 fully saturated rings. The summed E-state index contributed by atoms with van der Waals surface area (Å²) in [6.45, 7) is 1.44. The molecule has 3 aromatic rings. The number of carbonyl (C=O) groups is 2. The summed E-state index contributed by atoms with van der Waals surface area (Å²) in [5.41, 5.74) is 2.31. The minimum atomic E-state index is -0.264. The third kappa shape index (κ3) is 4.48. The zero-order valence-electron chi connectivity index (χ0n) is 13.4. The molecular formula is C16H16N6O2S. The summed E-state index contributed by atoms with van der Waals surface area (Å²) in [4.78, 5) is 23.4. The van der Waals surface area contributed by atoms with E-state index in [0.29, 0.717) is 11.4 Å². The molecule has 0 bridgehead atoms. The van der Waals surface area contributed by atoms with Crippen LogP contribution in [0.15, 0.2) is 47.4 Å². The van der Waals surface area contributed by atoms with Gasteiger partial charge in [0.1, 0.15) is 6.33 Å². The van der Waals surface area contributed by atoms with Gasteiger partial charge >= 0.3 is 0 Å². The second-order valence-electron chi connectivity index (χ2n) is 5.37. The van der Waals surface area contributed by atoms with Crippen LogP contribution in [0.1, 0.15) is 24.9 Å². The highest BCUT2D eigenvalue weighted by Gasteiger charge is 2.19. The van der Waals surface area contributed by atoms with Crippen LogP contribution in [-0.4, -0.2) is 32.0 Å². The molecule has 0 aliphatic carbocycles. The van der Waals surface area contributed by atoms with Crippen LogP contribution >= 0.6 is 11.3 Å². The summed E-state index contributed by atoms with van der Waals surface area (Å²) in [5, 5.41) is 20.7. The number of aromatic nitrogens is 4. The molecule has 8 nitrogen and oxygen atoms in total. The number of nitrogens with one attached hydrogen (secondary N) is 2. The van der Waals surface area contributed by atoms with E-state index in [9.17, 15) is 9.59 Å². The van der Waals surface area contributed by atoms with Crippen molar-refractivity contribution in [2.24, 2.45) is 0 Å². The Labute approximate surface area is 147 Å². The number of amides is 2. The molecule has 1 unspecified atom stereocenters. The number of nitrogens with zero attached hydrogens (tertiary/aromatic N) is 4. The molecule has 0 saturated heterocycles. The van der Waals surface area contributed by atoms with Crippen LogP contribution in [0, 0.1) is 0 Å². The Morgan fingerprint density at radius 2 is 1.88 bits per heavy atom. The van der Waals surface area contributed by atoms with E-state index in [1.54, 1.807) is 40.3 Å². The van der Waals surface area contributed by atoms with Crippen LogP contribution in [0.4, 0.5) is 11.4 Å². The molecule has 2 heterocycles. The van der Waals surface area contributed by atoms with Gasteiger partial charge in [-0.05, 0) is 57.1 Å². The summed E-state index contributed by atoms with van der Waals surface area (Å²) in [6.07, 6.45) is 1.70. The smallest absolute Gasteiger partial charge is 0.226 e. The number of rotatable bonds is 6. The van der Waals surface area contributed by atoms with Gasteiger partial charge < -0.3 is 10.6 Å². The standard InChI is InChI=1S/C16H16N6O2S/c1-11(23)18-13-2-4-14(5-3-13)19-16(24)8-15(12-6-7-25-9-12)22-10-17-20-21-22/h2-7,9-10,15H,8H2,1H3,(H,18,23)(H,19,24). The number of hydrogen-bond donors (Lipinski definition) is 2. The fraction of sp³-hybridized carbons (Fsp3) is 0.188. The van der Waals surface area contributed by atoms with Crippen LogP contribution < -0.4 is 10.6 Å². The molecule has 0 spiro atoms. The van der Waals surface area contributed by atoms with Crippen molar-refractivity contribution in [1.29, 1.82) is 0 Å². The molecule has 2 N–H and O–H groups in total. The third-order valence-electron chi connectivity index (χ3n) is 3.48. The average molecular weight is 356 g/mol. The van der Waals surface area contributed by atoms with Crippen LogP contribution in [0.25, 0.3) is 0 Å². The zero-order valence-corrected chi connectivity index (χ0v) is 14.2. The lowest BCUT2D eigenvalue weighted by molar-refractivity contribution is -0.117. The molecule has 128 valence electrons. The number of benzene rings is 1. The Bertz CT molecular complexity index is 796. The fourth-order valence-electron chi connectivity index (χ4n) is 2.37. The molecule has 3 rings (SSSR count). The second-order valence-corrected chi connectivity index (χ2v) is 6.15. The quantitative estimate of drug-likeness (QED) is 0.706. The van der Waals surface area contributed by atoms with Gasteiger partial charge in [0.05, 0.1) is 12.5 Å². The van der Waals surface area contributed by atoms with Gasteiger partial charge in [-0.1, -0.05) is 0 Å². The van der Waals surface area contributed by atoms with Crippen molar-refractivity contribution in [3.63, 3.8) is 0 Å². The van der Waals surface area contributed by atoms with E-state index in [1.165, 1.54) is 13.3 Å². The third-order valence-corrected chi connectivity index (χ3v) is 4.18. The number of thiophene rings is 1. The van der Waals surface area contributed by atoms with Gasteiger partial charge in [0, 0.05) is 18.3 Å². The van der Waals surface area contributed by atoms with Gasteiger partial charge in [0.15, 0.2) is 0 Å². The van der Waals surface area contributed by atoms with Gasteiger partial charge in [-0.25, -0.2) is 4.68 Å². The van der Waals surface area contributed by atoms with Crippen molar-refractivity contribution in [2.75, 3.05) is 10.6 Å². The summed E-state index contributed by atoms with van der Waals surface area (Å²) in [5.74, 6) is -0.296. The summed E-state index contributed by atoms with van der Waals surface area (Å²) >= 11 is 1.55. The van der Waals surface area contributed by atoms with Crippen LogP contribution in [0.3, 0.4) is 0 Å². The number of tetrazole rings is 1.